The van der Waals surface area contributed by atoms with Crippen LogP contribution < -0.4 is 5.73 Å². The Morgan fingerprint density at radius 1 is 0.875 bits per heavy atom. The first-order valence-electron chi connectivity index (χ1n) is 2.36. The fourth-order valence-electron chi connectivity index (χ4n) is 0. The second-order valence-corrected chi connectivity index (χ2v) is 0.959. The summed E-state index contributed by atoms with van der Waals surface area (Å²) in [5, 5.41) is 23.0. The Hall–Kier alpha value is -0.160. The lowest BCUT2D eigenvalue weighted by molar-refractivity contribution is 0.186. The maximum atomic E-state index is 7.75. The van der Waals surface area contributed by atoms with Gasteiger partial charge in [0.25, 0.3) is 0 Å². The van der Waals surface area contributed by atoms with E-state index in [4.69, 9.17) is 21.1 Å². The fourth-order valence-corrected chi connectivity index (χ4v) is 0. The van der Waals surface area contributed by atoms with Gasteiger partial charge in [0.2, 0.25) is 0 Å². The third-order valence-corrected chi connectivity index (χ3v) is 0.229. The maximum absolute atomic E-state index is 7.75. The number of aliphatic hydroxyl groups is 3. The zero-order valence-electron chi connectivity index (χ0n) is 4.75. The van der Waals surface area contributed by atoms with E-state index >= 15 is 0 Å². The molecule has 0 aromatic heterocycles. The largest absolute Gasteiger partial charge is 0.395 e. The summed E-state index contributed by atoms with van der Waals surface area (Å²) < 4.78 is 0. The van der Waals surface area contributed by atoms with Crippen LogP contribution >= 0.6 is 0 Å². The lowest BCUT2D eigenvalue weighted by atomic mass is 10.8. The molecule has 0 heterocycles. The Bertz CT molecular complexity index is 19.2. The molecule has 4 nitrogen and oxygen atoms in total. The van der Waals surface area contributed by atoms with Gasteiger partial charge < -0.3 is 21.1 Å². The van der Waals surface area contributed by atoms with Gasteiger partial charge in [-0.3, -0.25) is 0 Å². The van der Waals surface area contributed by atoms with E-state index < -0.39 is 0 Å². The van der Waals surface area contributed by atoms with E-state index in [9.17, 15) is 0 Å². The molecule has 0 radical (unpaired) electrons. The van der Waals surface area contributed by atoms with Gasteiger partial charge in [0, 0.05) is 6.54 Å². The third-order valence-electron chi connectivity index (χ3n) is 0.229. The summed E-state index contributed by atoms with van der Waals surface area (Å²) in [7, 11) is 0. The Labute approximate surface area is 48.6 Å². The molecular weight excluding hydrogens is 110 g/mol. The Kier molecular flexibility index (Phi) is 21.3. The minimum atomic E-state index is -0.125. The van der Waals surface area contributed by atoms with Crippen molar-refractivity contribution >= 4 is 0 Å². The van der Waals surface area contributed by atoms with E-state index in [0.29, 0.717) is 6.54 Å². The Morgan fingerprint density at radius 3 is 1.12 bits per heavy atom. The van der Waals surface area contributed by atoms with Gasteiger partial charge in [-0.15, -0.1) is 0 Å². The minimum Gasteiger partial charge on any atom is -0.395 e. The summed E-state index contributed by atoms with van der Waals surface area (Å²) in [5.41, 5.74) is 4.78. The van der Waals surface area contributed by atoms with Crippen molar-refractivity contribution in [1.29, 1.82) is 0 Å². The molecule has 4 heteroatoms. The molecule has 0 rings (SSSR count). The van der Waals surface area contributed by atoms with Crippen molar-refractivity contribution < 1.29 is 15.3 Å². The predicted molar refractivity (Wildman–Crippen MR) is 30.3 cm³/mol. The molecule has 0 fully saturated rings. The molecule has 0 aromatic rings. The Morgan fingerprint density at radius 2 is 1.12 bits per heavy atom. The van der Waals surface area contributed by atoms with Crippen LogP contribution in [0, 0.1) is 0 Å². The standard InChI is InChI=1S/C2H7NO.C2H6O2/c2*3-1-2-4/h4H,1-3H2;3-4H,1-2H2. The second kappa shape index (κ2) is 15.8. The average Bonchev–Trinajstić information content (AvgIpc) is 1.88. The molecule has 0 saturated heterocycles. The summed E-state index contributed by atoms with van der Waals surface area (Å²) in [5.74, 6) is 0. The maximum Gasteiger partial charge on any atom is 0.0662 e. The molecule has 0 unspecified atom stereocenters. The van der Waals surface area contributed by atoms with Gasteiger partial charge in [-0.2, -0.15) is 0 Å². The molecule has 8 heavy (non-hydrogen) atoms. The average molecular weight is 123 g/mol. The van der Waals surface area contributed by atoms with Crippen molar-refractivity contribution in [3.05, 3.63) is 0 Å². The molecule has 5 N–H and O–H groups in total. The van der Waals surface area contributed by atoms with Crippen LogP contribution in [0.5, 0.6) is 0 Å². The molecule has 0 atom stereocenters. The van der Waals surface area contributed by atoms with E-state index in [0.717, 1.165) is 0 Å². The molecule has 0 amide bonds. The Balaban J connectivity index is 0. The van der Waals surface area contributed by atoms with Crippen LogP contribution in [0.4, 0.5) is 0 Å². The van der Waals surface area contributed by atoms with Gasteiger partial charge in [-0.25, -0.2) is 0 Å². The van der Waals surface area contributed by atoms with Crippen molar-refractivity contribution in [1.82, 2.24) is 0 Å². The van der Waals surface area contributed by atoms with Crippen molar-refractivity contribution in [3.63, 3.8) is 0 Å². The van der Waals surface area contributed by atoms with Crippen LogP contribution in [-0.2, 0) is 0 Å². The zero-order chi connectivity index (χ0) is 6.83. The van der Waals surface area contributed by atoms with Crippen LogP contribution in [0.3, 0.4) is 0 Å². The fraction of sp³-hybridized carbons (Fsp3) is 1.00. The van der Waals surface area contributed by atoms with Crippen LogP contribution in [-0.4, -0.2) is 41.7 Å². The molecule has 0 aliphatic heterocycles. The predicted octanol–water partition coefficient (Wildman–Crippen LogP) is -2.09. The van der Waals surface area contributed by atoms with Crippen molar-refractivity contribution in [3.8, 4) is 0 Å². The van der Waals surface area contributed by atoms with Crippen LogP contribution in [0.15, 0.2) is 0 Å². The summed E-state index contributed by atoms with van der Waals surface area (Å²) in [6.07, 6.45) is 0. The van der Waals surface area contributed by atoms with E-state index in [2.05, 4.69) is 0 Å². The van der Waals surface area contributed by atoms with Gasteiger partial charge in [-0.1, -0.05) is 0 Å². The minimum absolute atomic E-state index is 0.0972. The third kappa shape index (κ3) is 40.4. The van der Waals surface area contributed by atoms with Gasteiger partial charge in [0.05, 0.1) is 19.8 Å². The highest BCUT2D eigenvalue weighted by molar-refractivity contribution is 4.17. The topological polar surface area (TPSA) is 86.7 Å². The highest BCUT2D eigenvalue weighted by atomic mass is 16.3. The first-order valence-corrected chi connectivity index (χ1v) is 2.36. The van der Waals surface area contributed by atoms with Gasteiger partial charge >= 0.3 is 0 Å². The lowest BCUT2D eigenvalue weighted by Crippen LogP contribution is -2.02. The molecule has 0 bridgehead atoms. The first kappa shape index (κ1) is 10.8. The van der Waals surface area contributed by atoms with E-state index in [1.807, 2.05) is 0 Å². The van der Waals surface area contributed by atoms with E-state index in [1.54, 1.807) is 0 Å². The molecule has 52 valence electrons. The molecule has 0 saturated carbocycles. The van der Waals surface area contributed by atoms with Crippen LogP contribution in [0.25, 0.3) is 0 Å². The summed E-state index contributed by atoms with van der Waals surface area (Å²) in [4.78, 5) is 0. The number of hydrogen-bond donors (Lipinski definition) is 4. The summed E-state index contributed by atoms with van der Waals surface area (Å²) >= 11 is 0. The first-order chi connectivity index (χ1) is 3.83. The number of nitrogens with two attached hydrogens (primary N) is 1. The van der Waals surface area contributed by atoms with Crippen molar-refractivity contribution in [2.75, 3.05) is 26.4 Å². The molecule has 0 aliphatic carbocycles. The zero-order valence-corrected chi connectivity index (χ0v) is 4.75. The smallest absolute Gasteiger partial charge is 0.0662 e. The second-order valence-electron chi connectivity index (χ2n) is 0.959. The van der Waals surface area contributed by atoms with Gasteiger partial charge in [0.1, 0.15) is 0 Å². The van der Waals surface area contributed by atoms with Crippen molar-refractivity contribution in [2.24, 2.45) is 5.73 Å². The summed E-state index contributed by atoms with van der Waals surface area (Å²) in [6.45, 7) is 0.222. The van der Waals surface area contributed by atoms with Crippen LogP contribution in [0.1, 0.15) is 0 Å². The molecule has 0 spiro atoms. The quantitative estimate of drug-likeness (QED) is 0.339. The highest BCUT2D eigenvalue weighted by Gasteiger charge is 1.58. The van der Waals surface area contributed by atoms with Gasteiger partial charge in [0.15, 0.2) is 0 Å². The molecular formula is C4H13NO3. The number of aliphatic hydroxyl groups excluding tert-OH is 3. The van der Waals surface area contributed by atoms with Crippen LogP contribution in [0.2, 0.25) is 0 Å². The normalized spacial score (nSPS) is 7.50. The number of hydrogen-bond acceptors (Lipinski definition) is 4. The molecule has 0 aliphatic rings. The summed E-state index contributed by atoms with van der Waals surface area (Å²) in [6, 6.07) is 0. The number of rotatable bonds is 2. The lowest BCUT2D eigenvalue weighted by Gasteiger charge is -1.71. The van der Waals surface area contributed by atoms with Gasteiger partial charge in [-0.05, 0) is 0 Å². The SMILES string of the molecule is NCCO.OCCO. The molecule has 0 aromatic carbocycles. The van der Waals surface area contributed by atoms with E-state index in [-0.39, 0.29) is 19.8 Å². The highest BCUT2D eigenvalue weighted by Crippen LogP contribution is 1.39. The van der Waals surface area contributed by atoms with Crippen molar-refractivity contribution in [2.45, 2.75) is 0 Å². The van der Waals surface area contributed by atoms with E-state index in [1.165, 1.54) is 0 Å². The monoisotopic (exact) mass is 123 g/mol.